The van der Waals surface area contributed by atoms with Gasteiger partial charge in [0.1, 0.15) is 18.1 Å². The first kappa shape index (κ1) is 26.3. The second-order valence-corrected chi connectivity index (χ2v) is 9.49. The molecular weight excluding hydrogens is 477 g/mol. The molecule has 3 heterocycles. The van der Waals surface area contributed by atoms with E-state index < -0.39 is 18.2 Å². The third-order valence-corrected chi connectivity index (χ3v) is 7.35. The molecule has 1 unspecified atom stereocenters. The highest BCUT2D eigenvalue weighted by molar-refractivity contribution is 6.03. The zero-order valence-electron chi connectivity index (χ0n) is 20.9. The molecule has 0 spiro atoms. The second kappa shape index (κ2) is 10.3. The molecule has 0 bridgehead atoms. The summed E-state index contributed by atoms with van der Waals surface area (Å²) >= 11 is 0. The lowest BCUT2D eigenvalue weighted by Gasteiger charge is -2.50. The molecule has 36 heavy (non-hydrogen) atoms. The highest BCUT2D eigenvalue weighted by Crippen LogP contribution is 2.35. The molecule has 1 saturated heterocycles. The number of amidine groups is 1. The maximum absolute atomic E-state index is 13.5. The molecule has 0 radical (unpaired) electrons. The van der Waals surface area contributed by atoms with Gasteiger partial charge in [-0.1, -0.05) is 26.0 Å². The standard InChI is InChI=1S/C26H32F5N5/c1-5-19-14-36(25-23-22(34(4)15-32-25)12-11-21(33-23)24(27)28)20(6-2)13-35(19)16(3)17-7-9-18(10-8-17)26(29,30)31/h7-12,16,19-20,24H,5-6,13-15H2,1-4H3/t16?,19-,20+/m1/s1. The summed E-state index contributed by atoms with van der Waals surface area (Å²) in [7, 11) is 1.86. The maximum atomic E-state index is 13.5. The van der Waals surface area contributed by atoms with Gasteiger partial charge in [0.2, 0.25) is 0 Å². The fourth-order valence-electron chi connectivity index (χ4n) is 5.17. The predicted octanol–water partition coefficient (Wildman–Crippen LogP) is 6.13. The SMILES string of the molecule is CC[C@H]1CN(C(C)c2ccc(C(F)(F)F)cc2)[C@H](CC)CN1C1=NCN(C)c2ccc(C(F)F)nc21. The van der Waals surface area contributed by atoms with Crippen molar-refractivity contribution in [3.8, 4) is 0 Å². The van der Waals surface area contributed by atoms with Crippen molar-refractivity contribution >= 4 is 11.5 Å². The number of anilines is 1. The molecule has 5 nitrogen and oxygen atoms in total. The summed E-state index contributed by atoms with van der Waals surface area (Å²) in [5.41, 5.74) is 1.14. The Kier molecular flexibility index (Phi) is 7.54. The summed E-state index contributed by atoms with van der Waals surface area (Å²) in [6.07, 6.45) is -5.42. The van der Waals surface area contributed by atoms with Gasteiger partial charge in [0, 0.05) is 38.3 Å². The number of rotatable bonds is 5. The molecule has 196 valence electrons. The van der Waals surface area contributed by atoms with Crippen molar-refractivity contribution in [1.29, 1.82) is 0 Å². The smallest absolute Gasteiger partial charge is 0.353 e. The number of halogens is 5. The first-order valence-corrected chi connectivity index (χ1v) is 12.3. The zero-order valence-corrected chi connectivity index (χ0v) is 20.9. The quantitative estimate of drug-likeness (QED) is 0.455. The summed E-state index contributed by atoms with van der Waals surface area (Å²) in [5.74, 6) is 0.637. The number of pyridine rings is 1. The molecule has 0 saturated carbocycles. The number of aromatic nitrogens is 1. The van der Waals surface area contributed by atoms with Crippen LogP contribution in [0.2, 0.25) is 0 Å². The highest BCUT2D eigenvalue weighted by Gasteiger charge is 2.39. The van der Waals surface area contributed by atoms with E-state index in [0.717, 1.165) is 36.2 Å². The molecular formula is C26H32F5N5. The third-order valence-electron chi connectivity index (χ3n) is 7.35. The number of fused-ring (bicyclic) bond motifs is 1. The van der Waals surface area contributed by atoms with Crippen LogP contribution >= 0.6 is 0 Å². The van der Waals surface area contributed by atoms with E-state index >= 15 is 0 Å². The molecule has 0 N–H and O–H groups in total. The Morgan fingerprint density at radius 2 is 1.64 bits per heavy atom. The van der Waals surface area contributed by atoms with Gasteiger partial charge in [-0.3, -0.25) is 4.90 Å². The molecule has 4 rings (SSSR count). The second-order valence-electron chi connectivity index (χ2n) is 9.49. The van der Waals surface area contributed by atoms with Crippen LogP contribution in [0.25, 0.3) is 0 Å². The predicted molar refractivity (Wildman–Crippen MR) is 130 cm³/mol. The van der Waals surface area contributed by atoms with E-state index in [-0.39, 0.29) is 23.8 Å². The van der Waals surface area contributed by atoms with E-state index in [1.807, 2.05) is 18.9 Å². The summed E-state index contributed by atoms with van der Waals surface area (Å²) in [4.78, 5) is 15.5. The average molecular weight is 510 g/mol. The van der Waals surface area contributed by atoms with E-state index in [9.17, 15) is 22.0 Å². The van der Waals surface area contributed by atoms with Gasteiger partial charge in [-0.15, -0.1) is 0 Å². The van der Waals surface area contributed by atoms with Crippen molar-refractivity contribution < 1.29 is 22.0 Å². The molecule has 3 atom stereocenters. The molecule has 0 amide bonds. The molecule has 1 aromatic carbocycles. The minimum absolute atomic E-state index is 0.0525. The van der Waals surface area contributed by atoms with Crippen LogP contribution in [0.1, 0.15) is 68.6 Å². The molecule has 1 fully saturated rings. The minimum atomic E-state index is -4.37. The number of nitrogens with zero attached hydrogens (tertiary/aromatic N) is 5. The van der Waals surface area contributed by atoms with Crippen LogP contribution in [0, 0.1) is 0 Å². The van der Waals surface area contributed by atoms with Gasteiger partial charge >= 0.3 is 6.18 Å². The van der Waals surface area contributed by atoms with Crippen molar-refractivity contribution in [2.75, 3.05) is 31.7 Å². The molecule has 2 aliphatic rings. The van der Waals surface area contributed by atoms with Gasteiger partial charge < -0.3 is 9.80 Å². The maximum Gasteiger partial charge on any atom is 0.416 e. The Balaban J connectivity index is 1.62. The lowest BCUT2D eigenvalue weighted by molar-refractivity contribution is -0.137. The summed E-state index contributed by atoms with van der Waals surface area (Å²) in [6.45, 7) is 7.89. The number of piperazine rings is 1. The van der Waals surface area contributed by atoms with Crippen LogP contribution in [0.5, 0.6) is 0 Å². The molecule has 1 aromatic heterocycles. The lowest BCUT2D eigenvalue weighted by atomic mass is 9.96. The van der Waals surface area contributed by atoms with E-state index in [2.05, 4.69) is 28.6 Å². The molecule has 2 aromatic rings. The zero-order chi connectivity index (χ0) is 26.2. The molecule has 10 heteroatoms. The van der Waals surface area contributed by atoms with Crippen molar-refractivity contribution in [2.24, 2.45) is 4.99 Å². The van der Waals surface area contributed by atoms with E-state index in [0.29, 0.717) is 31.3 Å². The van der Waals surface area contributed by atoms with Gasteiger partial charge in [0.25, 0.3) is 6.43 Å². The van der Waals surface area contributed by atoms with Crippen molar-refractivity contribution in [3.63, 3.8) is 0 Å². The monoisotopic (exact) mass is 509 g/mol. The summed E-state index contributed by atoms with van der Waals surface area (Å²) in [5, 5.41) is 0. The van der Waals surface area contributed by atoms with Gasteiger partial charge in [-0.05, 0) is 49.6 Å². The van der Waals surface area contributed by atoms with Crippen LogP contribution in [0.4, 0.5) is 27.6 Å². The Hall–Kier alpha value is -2.75. The van der Waals surface area contributed by atoms with Gasteiger partial charge in [-0.2, -0.15) is 13.2 Å². The van der Waals surface area contributed by atoms with Crippen LogP contribution in [0.3, 0.4) is 0 Å². The number of aliphatic imine (C=N–C) groups is 1. The van der Waals surface area contributed by atoms with Crippen molar-refractivity contribution in [3.05, 3.63) is 58.9 Å². The fourth-order valence-corrected chi connectivity index (χ4v) is 5.17. The first-order valence-electron chi connectivity index (χ1n) is 12.3. The van der Waals surface area contributed by atoms with Gasteiger partial charge in [-0.25, -0.2) is 18.8 Å². The summed E-state index contributed by atoms with van der Waals surface area (Å²) < 4.78 is 66.0. The Morgan fingerprint density at radius 1 is 0.972 bits per heavy atom. The van der Waals surface area contributed by atoms with Crippen LogP contribution < -0.4 is 4.90 Å². The van der Waals surface area contributed by atoms with E-state index in [1.54, 1.807) is 18.2 Å². The number of hydrogen-bond donors (Lipinski definition) is 0. The average Bonchev–Trinajstić information content (AvgIpc) is 2.87. The Bertz CT molecular complexity index is 1090. The van der Waals surface area contributed by atoms with E-state index in [4.69, 9.17) is 4.99 Å². The van der Waals surface area contributed by atoms with Crippen LogP contribution in [-0.4, -0.2) is 59.5 Å². The number of alkyl halides is 5. The topological polar surface area (TPSA) is 35.0 Å². The Morgan fingerprint density at radius 3 is 2.22 bits per heavy atom. The first-order chi connectivity index (χ1) is 17.0. The van der Waals surface area contributed by atoms with E-state index in [1.165, 1.54) is 6.07 Å². The minimum Gasteiger partial charge on any atom is -0.353 e. The Labute approximate surface area is 208 Å². The van der Waals surface area contributed by atoms with Crippen LogP contribution in [0.15, 0.2) is 41.4 Å². The third kappa shape index (κ3) is 5.05. The molecule has 2 aliphatic heterocycles. The summed E-state index contributed by atoms with van der Waals surface area (Å²) in [6, 6.07) is 8.50. The largest absolute Gasteiger partial charge is 0.416 e. The van der Waals surface area contributed by atoms with Gasteiger partial charge in [0.05, 0.1) is 11.3 Å². The fraction of sp³-hybridized carbons (Fsp3) is 0.538. The molecule has 0 aliphatic carbocycles. The highest BCUT2D eigenvalue weighted by atomic mass is 19.4. The van der Waals surface area contributed by atoms with Crippen molar-refractivity contribution in [1.82, 2.24) is 14.8 Å². The van der Waals surface area contributed by atoms with Gasteiger partial charge in [0.15, 0.2) is 5.84 Å². The van der Waals surface area contributed by atoms with Crippen LogP contribution in [-0.2, 0) is 6.18 Å². The number of benzene rings is 1. The van der Waals surface area contributed by atoms with Crippen molar-refractivity contribution in [2.45, 2.75) is 64.3 Å². The number of hydrogen-bond acceptors (Lipinski definition) is 5. The lowest BCUT2D eigenvalue weighted by Crippen LogP contribution is -2.60. The normalized spacial score (nSPS) is 22.0.